The monoisotopic (exact) mass is 554 g/mol. The van der Waals surface area contributed by atoms with Gasteiger partial charge in [0.15, 0.2) is 0 Å². The van der Waals surface area contributed by atoms with Crippen molar-refractivity contribution in [1.82, 2.24) is 9.80 Å². The van der Waals surface area contributed by atoms with Crippen LogP contribution in [0.1, 0.15) is 55.5 Å². The summed E-state index contributed by atoms with van der Waals surface area (Å²) >= 11 is 0. The predicted octanol–water partition coefficient (Wildman–Crippen LogP) is 5.74. The maximum Gasteiger partial charge on any atom is 0.295 e. The van der Waals surface area contributed by atoms with E-state index in [0.29, 0.717) is 30.9 Å². The lowest BCUT2D eigenvalue weighted by Gasteiger charge is -2.27. The van der Waals surface area contributed by atoms with E-state index in [1.54, 1.807) is 11.0 Å². The number of hydrogen-bond donors (Lipinski definition) is 1. The van der Waals surface area contributed by atoms with Gasteiger partial charge in [-0.1, -0.05) is 56.3 Å². The van der Waals surface area contributed by atoms with E-state index in [2.05, 4.69) is 18.7 Å². The predicted molar refractivity (Wildman–Crippen MR) is 159 cm³/mol. The molecule has 0 radical (unpaired) electrons. The van der Waals surface area contributed by atoms with E-state index in [4.69, 9.17) is 9.47 Å². The van der Waals surface area contributed by atoms with Crippen molar-refractivity contribution >= 4 is 17.4 Å². The zero-order valence-electron chi connectivity index (χ0n) is 24.0. The summed E-state index contributed by atoms with van der Waals surface area (Å²) in [5.41, 5.74) is 3.34. The molecular weight excluding hydrogens is 516 g/mol. The van der Waals surface area contributed by atoms with Crippen LogP contribution in [-0.2, 0) is 22.6 Å². The Balaban J connectivity index is 1.50. The van der Waals surface area contributed by atoms with Crippen LogP contribution < -0.4 is 9.47 Å². The van der Waals surface area contributed by atoms with E-state index < -0.39 is 17.7 Å². The normalized spacial score (nSPS) is 19.5. The maximum absolute atomic E-state index is 13.5. The van der Waals surface area contributed by atoms with Crippen LogP contribution in [0.4, 0.5) is 0 Å². The smallest absolute Gasteiger partial charge is 0.295 e. The highest BCUT2D eigenvalue weighted by molar-refractivity contribution is 6.46. The fourth-order valence-corrected chi connectivity index (χ4v) is 5.70. The van der Waals surface area contributed by atoms with Crippen LogP contribution in [0, 0.1) is 0 Å². The number of likely N-dealkylation sites (tertiary alicyclic amines) is 1. The van der Waals surface area contributed by atoms with Gasteiger partial charge in [0.05, 0.1) is 11.6 Å². The second-order valence-corrected chi connectivity index (χ2v) is 10.7. The average molecular weight is 555 g/mol. The summed E-state index contributed by atoms with van der Waals surface area (Å²) in [5.74, 6) is -0.0205. The minimum atomic E-state index is -0.726. The second-order valence-electron chi connectivity index (χ2n) is 10.7. The second kappa shape index (κ2) is 12.6. The summed E-state index contributed by atoms with van der Waals surface area (Å²) in [6, 6.07) is 22.1. The van der Waals surface area contributed by atoms with E-state index in [0.717, 1.165) is 48.5 Å². The summed E-state index contributed by atoms with van der Waals surface area (Å²) in [6.45, 7) is 9.65. The Morgan fingerprint density at radius 1 is 1.02 bits per heavy atom. The average Bonchev–Trinajstić information content (AvgIpc) is 3.49. The number of rotatable bonds is 11. The molecular formula is C34H38N2O5. The van der Waals surface area contributed by atoms with Gasteiger partial charge in [-0.05, 0) is 80.0 Å². The van der Waals surface area contributed by atoms with Gasteiger partial charge < -0.3 is 24.4 Å². The number of nitrogens with zero attached hydrogens (tertiary/aromatic N) is 2. The van der Waals surface area contributed by atoms with E-state index in [1.165, 1.54) is 0 Å². The Bertz CT molecular complexity index is 1430. The summed E-state index contributed by atoms with van der Waals surface area (Å²) in [7, 11) is 0. The Labute approximate surface area is 242 Å². The van der Waals surface area contributed by atoms with Gasteiger partial charge in [0, 0.05) is 18.5 Å². The van der Waals surface area contributed by atoms with E-state index in [1.807, 2.05) is 73.7 Å². The van der Waals surface area contributed by atoms with Gasteiger partial charge in [-0.25, -0.2) is 0 Å². The van der Waals surface area contributed by atoms with Gasteiger partial charge in [-0.15, -0.1) is 0 Å². The van der Waals surface area contributed by atoms with Gasteiger partial charge in [-0.3, -0.25) is 9.59 Å². The van der Waals surface area contributed by atoms with Crippen LogP contribution in [0.5, 0.6) is 11.5 Å². The molecule has 3 aromatic carbocycles. The lowest BCUT2D eigenvalue weighted by Crippen LogP contribution is -2.33. The number of amides is 1. The van der Waals surface area contributed by atoms with Crippen LogP contribution in [0.15, 0.2) is 78.4 Å². The van der Waals surface area contributed by atoms with Crippen molar-refractivity contribution in [2.24, 2.45) is 0 Å². The molecule has 0 aromatic heterocycles. The molecule has 0 spiro atoms. The topological polar surface area (TPSA) is 79.3 Å². The van der Waals surface area contributed by atoms with Crippen molar-refractivity contribution in [3.05, 3.63) is 101 Å². The number of aliphatic hydroxyl groups is 1. The van der Waals surface area contributed by atoms with Gasteiger partial charge >= 0.3 is 0 Å². The molecule has 41 heavy (non-hydrogen) atoms. The van der Waals surface area contributed by atoms with Crippen LogP contribution in [0.3, 0.4) is 0 Å². The third kappa shape index (κ3) is 6.15. The van der Waals surface area contributed by atoms with Gasteiger partial charge in [0.2, 0.25) is 0 Å². The van der Waals surface area contributed by atoms with Crippen molar-refractivity contribution in [2.75, 3.05) is 26.2 Å². The summed E-state index contributed by atoms with van der Waals surface area (Å²) < 4.78 is 11.9. The number of benzene rings is 3. The zero-order valence-corrected chi connectivity index (χ0v) is 24.0. The highest BCUT2D eigenvalue weighted by Gasteiger charge is 2.46. The molecule has 1 saturated heterocycles. The molecule has 1 fully saturated rings. The van der Waals surface area contributed by atoms with Crippen LogP contribution in [0.25, 0.3) is 5.76 Å². The molecule has 1 amide bonds. The summed E-state index contributed by atoms with van der Waals surface area (Å²) in [4.78, 5) is 30.9. The first-order valence-corrected chi connectivity index (χ1v) is 14.5. The molecule has 5 rings (SSSR count). The lowest BCUT2D eigenvalue weighted by molar-refractivity contribution is -0.140. The molecule has 2 aliphatic rings. The SMILES string of the molecule is CCN(CC)CCCN1C(=O)C(=O)C(=C(O)c2ccc3c(c2)C[C@@H](C)O3)[C@@H]1c1cccc(OCc2ccccc2)c1. The number of ether oxygens (including phenoxy) is 2. The quantitative estimate of drug-likeness (QED) is 0.185. The molecule has 0 bridgehead atoms. The zero-order chi connectivity index (χ0) is 28.9. The Morgan fingerprint density at radius 3 is 2.56 bits per heavy atom. The molecule has 7 heteroatoms. The summed E-state index contributed by atoms with van der Waals surface area (Å²) in [6.07, 6.45) is 1.49. The van der Waals surface area contributed by atoms with Crippen LogP contribution >= 0.6 is 0 Å². The fraction of sp³-hybridized carbons (Fsp3) is 0.353. The lowest BCUT2D eigenvalue weighted by atomic mass is 9.94. The Kier molecular flexibility index (Phi) is 8.74. The molecule has 2 heterocycles. The third-order valence-electron chi connectivity index (χ3n) is 7.90. The fourth-order valence-electron chi connectivity index (χ4n) is 5.70. The minimum Gasteiger partial charge on any atom is -0.507 e. The molecule has 3 aromatic rings. The van der Waals surface area contributed by atoms with Gasteiger partial charge in [-0.2, -0.15) is 0 Å². The Hall–Kier alpha value is -4.10. The molecule has 0 aliphatic carbocycles. The van der Waals surface area contributed by atoms with Crippen molar-refractivity contribution in [1.29, 1.82) is 0 Å². The number of carbonyl (C=O) groups is 2. The molecule has 7 nitrogen and oxygen atoms in total. The summed E-state index contributed by atoms with van der Waals surface area (Å²) in [5, 5.41) is 11.6. The van der Waals surface area contributed by atoms with Crippen LogP contribution in [0.2, 0.25) is 0 Å². The number of hydrogen-bond acceptors (Lipinski definition) is 6. The molecule has 2 aliphatic heterocycles. The first-order valence-electron chi connectivity index (χ1n) is 14.5. The molecule has 2 atom stereocenters. The first kappa shape index (κ1) is 28.4. The molecule has 1 N–H and O–H groups in total. The van der Waals surface area contributed by atoms with Crippen molar-refractivity contribution in [3.63, 3.8) is 0 Å². The third-order valence-corrected chi connectivity index (χ3v) is 7.90. The number of aliphatic hydroxyl groups excluding tert-OH is 1. The van der Waals surface area contributed by atoms with Crippen molar-refractivity contribution < 1.29 is 24.2 Å². The highest BCUT2D eigenvalue weighted by Crippen LogP contribution is 2.41. The van der Waals surface area contributed by atoms with E-state index >= 15 is 0 Å². The highest BCUT2D eigenvalue weighted by atomic mass is 16.5. The number of Topliss-reactive ketones (excluding diaryl/α,β-unsaturated/α-hetero) is 1. The number of carbonyl (C=O) groups excluding carboxylic acids is 2. The van der Waals surface area contributed by atoms with Gasteiger partial charge in [0.25, 0.3) is 11.7 Å². The molecule has 214 valence electrons. The Morgan fingerprint density at radius 2 is 1.80 bits per heavy atom. The number of fused-ring (bicyclic) bond motifs is 1. The van der Waals surface area contributed by atoms with Crippen molar-refractivity contribution in [2.45, 2.75) is 52.4 Å². The van der Waals surface area contributed by atoms with Crippen molar-refractivity contribution in [3.8, 4) is 11.5 Å². The maximum atomic E-state index is 13.5. The van der Waals surface area contributed by atoms with Crippen LogP contribution in [-0.4, -0.2) is 58.9 Å². The minimum absolute atomic E-state index is 0.0532. The molecule has 0 unspecified atom stereocenters. The number of ketones is 1. The molecule has 0 saturated carbocycles. The van der Waals surface area contributed by atoms with Gasteiger partial charge in [0.1, 0.15) is 30.0 Å². The largest absolute Gasteiger partial charge is 0.507 e. The first-order chi connectivity index (χ1) is 19.9. The van der Waals surface area contributed by atoms with E-state index in [-0.39, 0.29) is 17.4 Å². The van der Waals surface area contributed by atoms with E-state index in [9.17, 15) is 14.7 Å². The standard InChI is InChI=1S/C34H38N2O5/c1-4-35(5-2)17-10-18-36-31(25-13-9-14-28(21-25)40-22-24-11-7-6-8-12-24)30(33(38)34(36)39)32(37)26-15-16-29-27(20-26)19-23(3)41-29/h6-9,11-16,20-21,23,31,37H,4-5,10,17-19,22H2,1-3H3/t23-,31+/m1/s1.